The number of aryl methyl sites for hydroxylation is 2. The van der Waals surface area contributed by atoms with Crippen LogP contribution in [0.25, 0.3) is 0 Å². The van der Waals surface area contributed by atoms with E-state index in [1.165, 1.54) is 5.69 Å². The van der Waals surface area contributed by atoms with Crippen LogP contribution in [0, 0.1) is 12.3 Å². The molecule has 96 valence electrons. The molecule has 0 aliphatic heterocycles. The second-order valence-corrected chi connectivity index (χ2v) is 5.60. The quantitative estimate of drug-likeness (QED) is 0.833. The topological polar surface area (TPSA) is 50.1 Å². The highest BCUT2D eigenvalue weighted by Gasteiger charge is 2.46. The Bertz CT molecular complexity index is 397. The summed E-state index contributed by atoms with van der Waals surface area (Å²) in [7, 11) is 0. The summed E-state index contributed by atoms with van der Waals surface area (Å²) in [6, 6.07) is 2.52. The van der Waals surface area contributed by atoms with Crippen molar-refractivity contribution in [3.8, 4) is 0 Å². The molecule has 2 rings (SSSR count). The number of aliphatic hydroxyl groups is 1. The van der Waals surface area contributed by atoms with Gasteiger partial charge in [0.05, 0.1) is 17.5 Å². The molecule has 0 spiro atoms. The van der Waals surface area contributed by atoms with Gasteiger partial charge in [0.15, 0.2) is 0 Å². The minimum atomic E-state index is -0.169. The Morgan fingerprint density at radius 2 is 2.29 bits per heavy atom. The van der Waals surface area contributed by atoms with E-state index in [1.807, 2.05) is 11.6 Å². The first-order valence-corrected chi connectivity index (χ1v) is 6.40. The Labute approximate surface area is 103 Å². The van der Waals surface area contributed by atoms with Crippen LogP contribution in [0.1, 0.15) is 38.6 Å². The normalized spacial score (nSPS) is 26.9. The van der Waals surface area contributed by atoms with Gasteiger partial charge in [0.2, 0.25) is 0 Å². The molecular formula is C13H23N3O. The van der Waals surface area contributed by atoms with Crippen molar-refractivity contribution in [2.45, 2.75) is 59.4 Å². The van der Waals surface area contributed by atoms with E-state index in [-0.39, 0.29) is 11.5 Å². The van der Waals surface area contributed by atoms with Crippen molar-refractivity contribution in [1.82, 2.24) is 15.1 Å². The molecule has 0 radical (unpaired) electrons. The summed E-state index contributed by atoms with van der Waals surface area (Å²) in [4.78, 5) is 0. The molecular weight excluding hydrogens is 214 g/mol. The predicted octanol–water partition coefficient (Wildman–Crippen LogP) is 1.46. The first-order valence-electron chi connectivity index (χ1n) is 6.40. The Morgan fingerprint density at radius 1 is 1.59 bits per heavy atom. The minimum absolute atomic E-state index is 0.00783. The summed E-state index contributed by atoms with van der Waals surface area (Å²) in [5.74, 6) is 0. The van der Waals surface area contributed by atoms with Crippen LogP contribution in [0.15, 0.2) is 6.07 Å². The third-order valence-corrected chi connectivity index (χ3v) is 4.03. The molecule has 0 bridgehead atoms. The Balaban J connectivity index is 1.94. The second-order valence-electron chi connectivity index (χ2n) is 5.60. The molecule has 2 unspecified atom stereocenters. The molecule has 0 saturated heterocycles. The molecule has 1 aromatic heterocycles. The molecule has 0 aromatic carbocycles. The molecule has 2 N–H and O–H groups in total. The third-order valence-electron chi connectivity index (χ3n) is 4.03. The van der Waals surface area contributed by atoms with Crippen LogP contribution >= 0.6 is 0 Å². The van der Waals surface area contributed by atoms with Gasteiger partial charge in [0.1, 0.15) is 0 Å². The smallest absolute Gasteiger partial charge is 0.0621 e. The van der Waals surface area contributed by atoms with Crippen LogP contribution in [0.4, 0.5) is 0 Å². The van der Waals surface area contributed by atoms with Crippen molar-refractivity contribution in [2.24, 2.45) is 5.41 Å². The summed E-state index contributed by atoms with van der Waals surface area (Å²) >= 11 is 0. The van der Waals surface area contributed by atoms with E-state index in [0.717, 1.165) is 25.2 Å². The molecule has 1 saturated carbocycles. The lowest BCUT2D eigenvalue weighted by molar-refractivity contribution is -0.0731. The van der Waals surface area contributed by atoms with E-state index in [4.69, 9.17) is 0 Å². The molecule has 2 atom stereocenters. The molecule has 1 heterocycles. The van der Waals surface area contributed by atoms with Crippen molar-refractivity contribution >= 4 is 0 Å². The van der Waals surface area contributed by atoms with E-state index in [2.05, 4.69) is 37.3 Å². The summed E-state index contributed by atoms with van der Waals surface area (Å²) < 4.78 is 2.03. The van der Waals surface area contributed by atoms with Gasteiger partial charge >= 0.3 is 0 Å². The molecule has 1 fully saturated rings. The largest absolute Gasteiger partial charge is 0.392 e. The third kappa shape index (κ3) is 2.24. The molecule has 4 heteroatoms. The van der Waals surface area contributed by atoms with Gasteiger partial charge in [-0.25, -0.2) is 0 Å². The van der Waals surface area contributed by atoms with Crippen molar-refractivity contribution in [3.05, 3.63) is 17.5 Å². The van der Waals surface area contributed by atoms with Crippen molar-refractivity contribution in [1.29, 1.82) is 0 Å². The first-order chi connectivity index (χ1) is 7.95. The molecule has 0 amide bonds. The van der Waals surface area contributed by atoms with Gasteiger partial charge in [0.25, 0.3) is 0 Å². The van der Waals surface area contributed by atoms with Gasteiger partial charge in [0, 0.05) is 24.5 Å². The zero-order chi connectivity index (χ0) is 12.6. The van der Waals surface area contributed by atoms with Crippen LogP contribution in [-0.4, -0.2) is 27.0 Å². The van der Waals surface area contributed by atoms with Gasteiger partial charge < -0.3 is 10.4 Å². The van der Waals surface area contributed by atoms with Crippen molar-refractivity contribution < 1.29 is 5.11 Å². The van der Waals surface area contributed by atoms with Gasteiger partial charge in [-0.3, -0.25) is 4.68 Å². The van der Waals surface area contributed by atoms with E-state index in [9.17, 15) is 5.11 Å². The number of aliphatic hydroxyl groups excluding tert-OH is 1. The number of nitrogens with zero attached hydrogens (tertiary/aromatic N) is 2. The Hall–Kier alpha value is -0.870. The van der Waals surface area contributed by atoms with Gasteiger partial charge in [-0.05, 0) is 26.3 Å². The Kier molecular flexibility index (Phi) is 3.27. The van der Waals surface area contributed by atoms with Gasteiger partial charge in [-0.15, -0.1) is 0 Å². The highest BCUT2D eigenvalue weighted by atomic mass is 16.3. The van der Waals surface area contributed by atoms with Crippen molar-refractivity contribution in [3.63, 3.8) is 0 Å². The maximum Gasteiger partial charge on any atom is 0.0621 e. The van der Waals surface area contributed by atoms with E-state index < -0.39 is 0 Å². The fraction of sp³-hybridized carbons (Fsp3) is 0.769. The predicted molar refractivity (Wildman–Crippen MR) is 67.7 cm³/mol. The average molecular weight is 237 g/mol. The molecule has 1 aliphatic carbocycles. The fourth-order valence-electron chi connectivity index (χ4n) is 2.49. The number of hydrogen-bond acceptors (Lipinski definition) is 3. The van der Waals surface area contributed by atoms with E-state index in [1.54, 1.807) is 0 Å². The molecule has 17 heavy (non-hydrogen) atoms. The lowest BCUT2D eigenvalue weighted by Crippen LogP contribution is -2.59. The van der Waals surface area contributed by atoms with Crippen molar-refractivity contribution in [2.75, 3.05) is 0 Å². The average Bonchev–Trinajstić information content (AvgIpc) is 2.64. The zero-order valence-electron chi connectivity index (χ0n) is 11.2. The first kappa shape index (κ1) is 12.6. The minimum Gasteiger partial charge on any atom is -0.392 e. The summed E-state index contributed by atoms with van der Waals surface area (Å²) in [5.41, 5.74) is 2.28. The molecule has 1 aliphatic rings. The standard InChI is InChI=1S/C13H23N3O/c1-5-16-10(6-9(2)15-16)8-14-11-7-12(17)13(11,3)4/h6,11-12,14,17H,5,7-8H2,1-4H3. The number of nitrogens with one attached hydrogen (secondary N) is 1. The van der Waals surface area contributed by atoms with Crippen LogP contribution in [0.5, 0.6) is 0 Å². The second kappa shape index (κ2) is 4.42. The van der Waals surface area contributed by atoms with E-state index >= 15 is 0 Å². The summed E-state index contributed by atoms with van der Waals surface area (Å²) in [6.07, 6.45) is 0.685. The lowest BCUT2D eigenvalue weighted by atomic mass is 9.64. The maximum absolute atomic E-state index is 9.69. The van der Waals surface area contributed by atoms with Crippen LogP contribution in [-0.2, 0) is 13.1 Å². The van der Waals surface area contributed by atoms with E-state index in [0.29, 0.717) is 6.04 Å². The summed E-state index contributed by atoms with van der Waals surface area (Å²) in [6.45, 7) is 10.1. The zero-order valence-corrected chi connectivity index (χ0v) is 11.2. The highest BCUT2D eigenvalue weighted by molar-refractivity contribution is 5.10. The maximum atomic E-state index is 9.69. The summed E-state index contributed by atoms with van der Waals surface area (Å²) in [5, 5.41) is 17.6. The molecule has 4 nitrogen and oxygen atoms in total. The van der Waals surface area contributed by atoms with Gasteiger partial charge in [-0.2, -0.15) is 5.10 Å². The molecule has 1 aromatic rings. The SMILES string of the molecule is CCn1nc(C)cc1CNC1CC(O)C1(C)C. The number of aromatic nitrogens is 2. The van der Waals surface area contributed by atoms with Crippen LogP contribution < -0.4 is 5.32 Å². The highest BCUT2D eigenvalue weighted by Crippen LogP contribution is 2.40. The number of hydrogen-bond donors (Lipinski definition) is 2. The number of rotatable bonds is 4. The Morgan fingerprint density at radius 3 is 2.82 bits per heavy atom. The fourth-order valence-corrected chi connectivity index (χ4v) is 2.49. The van der Waals surface area contributed by atoms with Crippen LogP contribution in [0.2, 0.25) is 0 Å². The lowest BCUT2D eigenvalue weighted by Gasteiger charge is -2.49. The van der Waals surface area contributed by atoms with Gasteiger partial charge in [-0.1, -0.05) is 13.8 Å². The monoisotopic (exact) mass is 237 g/mol. The van der Waals surface area contributed by atoms with Crippen LogP contribution in [0.3, 0.4) is 0 Å².